The summed E-state index contributed by atoms with van der Waals surface area (Å²) in [6.45, 7) is 1.93. The van der Waals surface area contributed by atoms with Crippen LogP contribution in [0.5, 0.6) is 5.75 Å². The molecule has 0 aliphatic heterocycles. The van der Waals surface area contributed by atoms with Crippen LogP contribution in [-0.2, 0) is 4.79 Å². The van der Waals surface area contributed by atoms with Gasteiger partial charge in [0.2, 0.25) is 5.91 Å². The van der Waals surface area contributed by atoms with Crippen LogP contribution < -0.4 is 5.32 Å². The Morgan fingerprint density at radius 2 is 2.29 bits per heavy atom. The lowest BCUT2D eigenvalue weighted by Crippen LogP contribution is -2.20. The maximum Gasteiger partial charge on any atom is 0.216 e. The molecule has 1 aromatic carbocycles. The topological polar surface area (TPSA) is 49.3 Å². The van der Waals surface area contributed by atoms with Gasteiger partial charge in [-0.05, 0) is 18.6 Å². The molecule has 1 rings (SSSR count). The van der Waals surface area contributed by atoms with Crippen molar-refractivity contribution in [3.63, 3.8) is 0 Å². The van der Waals surface area contributed by atoms with Crippen molar-refractivity contribution in [1.29, 1.82) is 0 Å². The van der Waals surface area contributed by atoms with Crippen LogP contribution in [0.1, 0.15) is 18.9 Å². The van der Waals surface area contributed by atoms with Gasteiger partial charge in [0.15, 0.2) is 0 Å². The van der Waals surface area contributed by atoms with Crippen molar-refractivity contribution in [2.75, 3.05) is 6.54 Å². The van der Waals surface area contributed by atoms with Crippen LogP contribution in [0.3, 0.4) is 0 Å². The van der Waals surface area contributed by atoms with E-state index in [1.165, 1.54) is 13.0 Å². The number of phenols is 1. The lowest BCUT2D eigenvalue weighted by atomic mass is 10.1. The highest BCUT2D eigenvalue weighted by Crippen LogP contribution is 2.29. The molecule has 0 aliphatic carbocycles. The summed E-state index contributed by atoms with van der Waals surface area (Å²) in [6, 6.07) is 2.24. The summed E-state index contributed by atoms with van der Waals surface area (Å²) in [7, 11) is 0. The average Bonchev–Trinajstić information content (AvgIpc) is 2.23. The van der Waals surface area contributed by atoms with Crippen LogP contribution in [0, 0.1) is 5.82 Å². The van der Waals surface area contributed by atoms with Crippen molar-refractivity contribution in [3.05, 3.63) is 34.6 Å². The fourth-order valence-electron chi connectivity index (χ4n) is 1.25. The molecule has 0 atom stereocenters. The molecule has 0 aromatic heterocycles. The molecule has 5 heteroatoms. The highest BCUT2D eigenvalue weighted by Gasteiger charge is 2.05. The van der Waals surface area contributed by atoms with E-state index >= 15 is 0 Å². The van der Waals surface area contributed by atoms with Gasteiger partial charge in [-0.3, -0.25) is 4.79 Å². The lowest BCUT2D eigenvalue weighted by molar-refractivity contribution is -0.118. The van der Waals surface area contributed by atoms with E-state index in [0.29, 0.717) is 18.5 Å². The summed E-state index contributed by atoms with van der Waals surface area (Å²) < 4.78 is 13.0. The number of benzene rings is 1. The molecule has 0 fully saturated rings. The molecule has 0 aliphatic rings. The number of carbonyl (C=O) groups excluding carboxylic acids is 1. The standard InChI is InChI=1S/C12H13ClFNO2/c1-8(16)15-5-3-2-4-9-6-10(14)7-11(13)12(9)17/h2,4,6-7,17H,3,5H2,1H3,(H,15,16). The average molecular weight is 258 g/mol. The first kappa shape index (κ1) is 13.5. The summed E-state index contributed by atoms with van der Waals surface area (Å²) >= 11 is 5.62. The van der Waals surface area contributed by atoms with Crippen molar-refractivity contribution < 1.29 is 14.3 Å². The number of nitrogens with one attached hydrogen (secondary N) is 1. The monoisotopic (exact) mass is 257 g/mol. The molecule has 0 saturated heterocycles. The maximum absolute atomic E-state index is 13.0. The van der Waals surface area contributed by atoms with Gasteiger partial charge in [-0.25, -0.2) is 4.39 Å². The van der Waals surface area contributed by atoms with Gasteiger partial charge in [0, 0.05) is 19.0 Å². The highest BCUT2D eigenvalue weighted by atomic mass is 35.5. The molecule has 0 heterocycles. The molecule has 0 unspecified atom stereocenters. The van der Waals surface area contributed by atoms with Crippen LogP contribution in [-0.4, -0.2) is 17.6 Å². The minimum absolute atomic E-state index is 0.0217. The van der Waals surface area contributed by atoms with E-state index in [2.05, 4.69) is 5.32 Å². The predicted molar refractivity (Wildman–Crippen MR) is 65.4 cm³/mol. The fraction of sp³-hybridized carbons (Fsp3) is 0.250. The van der Waals surface area contributed by atoms with Crippen LogP contribution in [0.2, 0.25) is 5.02 Å². The van der Waals surface area contributed by atoms with Gasteiger partial charge in [-0.15, -0.1) is 0 Å². The third-order valence-corrected chi connectivity index (χ3v) is 2.33. The van der Waals surface area contributed by atoms with Gasteiger partial charge < -0.3 is 10.4 Å². The van der Waals surface area contributed by atoms with E-state index < -0.39 is 5.82 Å². The predicted octanol–water partition coefficient (Wildman–Crippen LogP) is 2.72. The van der Waals surface area contributed by atoms with Gasteiger partial charge in [0.25, 0.3) is 0 Å². The zero-order valence-electron chi connectivity index (χ0n) is 9.34. The third-order valence-electron chi connectivity index (χ3n) is 2.04. The summed E-state index contributed by atoms with van der Waals surface area (Å²) in [4.78, 5) is 10.6. The molecular weight excluding hydrogens is 245 g/mol. The number of carbonyl (C=O) groups is 1. The third kappa shape index (κ3) is 4.44. The van der Waals surface area contributed by atoms with Crippen LogP contribution >= 0.6 is 11.6 Å². The van der Waals surface area contributed by atoms with Crippen LogP contribution in [0.15, 0.2) is 18.2 Å². The van der Waals surface area contributed by atoms with E-state index in [1.54, 1.807) is 12.2 Å². The van der Waals surface area contributed by atoms with Crippen molar-refractivity contribution in [1.82, 2.24) is 5.32 Å². The minimum Gasteiger partial charge on any atom is -0.506 e. The second kappa shape index (κ2) is 6.25. The number of hydrogen-bond donors (Lipinski definition) is 2. The number of hydrogen-bond acceptors (Lipinski definition) is 2. The summed E-state index contributed by atoms with van der Waals surface area (Å²) in [5.41, 5.74) is 0.317. The zero-order valence-corrected chi connectivity index (χ0v) is 10.1. The summed E-state index contributed by atoms with van der Waals surface area (Å²) in [5.74, 6) is -0.756. The smallest absolute Gasteiger partial charge is 0.216 e. The van der Waals surface area contributed by atoms with Crippen molar-refractivity contribution in [3.8, 4) is 5.75 Å². The molecule has 0 saturated carbocycles. The Morgan fingerprint density at radius 1 is 1.59 bits per heavy atom. The Hall–Kier alpha value is -1.55. The van der Waals surface area contributed by atoms with Gasteiger partial charge in [-0.1, -0.05) is 23.8 Å². The van der Waals surface area contributed by atoms with E-state index in [0.717, 1.165) is 6.07 Å². The van der Waals surface area contributed by atoms with Crippen molar-refractivity contribution >= 4 is 23.6 Å². The zero-order chi connectivity index (χ0) is 12.8. The van der Waals surface area contributed by atoms with Crippen molar-refractivity contribution in [2.45, 2.75) is 13.3 Å². The molecule has 2 N–H and O–H groups in total. The minimum atomic E-state index is -0.505. The molecule has 0 bridgehead atoms. The molecule has 1 amide bonds. The van der Waals surface area contributed by atoms with Gasteiger partial charge in [0.1, 0.15) is 11.6 Å². The van der Waals surface area contributed by atoms with E-state index in [9.17, 15) is 14.3 Å². The Morgan fingerprint density at radius 3 is 2.94 bits per heavy atom. The summed E-state index contributed by atoms with van der Waals surface area (Å²) in [5, 5.41) is 12.1. The Labute approximate surface area is 104 Å². The fourth-order valence-corrected chi connectivity index (χ4v) is 1.47. The van der Waals surface area contributed by atoms with Crippen molar-refractivity contribution in [2.24, 2.45) is 0 Å². The quantitative estimate of drug-likeness (QED) is 0.815. The van der Waals surface area contributed by atoms with Crippen LogP contribution in [0.4, 0.5) is 4.39 Å². The second-order valence-corrected chi connectivity index (χ2v) is 3.91. The van der Waals surface area contributed by atoms with Gasteiger partial charge in [-0.2, -0.15) is 0 Å². The van der Waals surface area contributed by atoms with Gasteiger partial charge in [0.05, 0.1) is 5.02 Å². The number of phenolic OH excluding ortho intramolecular Hbond substituents is 1. The molecule has 3 nitrogen and oxygen atoms in total. The lowest BCUT2D eigenvalue weighted by Gasteiger charge is -2.02. The number of halogens is 2. The van der Waals surface area contributed by atoms with E-state index in [4.69, 9.17) is 11.6 Å². The number of amides is 1. The Bertz CT molecular complexity index is 446. The van der Waals surface area contributed by atoms with E-state index in [-0.39, 0.29) is 16.7 Å². The van der Waals surface area contributed by atoms with Gasteiger partial charge >= 0.3 is 0 Å². The summed E-state index contributed by atoms with van der Waals surface area (Å²) in [6.07, 6.45) is 3.88. The normalized spacial score (nSPS) is 10.8. The largest absolute Gasteiger partial charge is 0.506 e. The molecule has 17 heavy (non-hydrogen) atoms. The SMILES string of the molecule is CC(=O)NCCC=Cc1cc(F)cc(Cl)c1O. The highest BCUT2D eigenvalue weighted by molar-refractivity contribution is 6.32. The number of rotatable bonds is 4. The Balaban J connectivity index is 2.62. The van der Waals surface area contributed by atoms with E-state index in [1.807, 2.05) is 0 Å². The molecule has 1 aromatic rings. The molecule has 92 valence electrons. The maximum atomic E-state index is 13.0. The second-order valence-electron chi connectivity index (χ2n) is 3.50. The first-order valence-electron chi connectivity index (χ1n) is 5.09. The molecule has 0 spiro atoms. The molecular formula is C12H13ClFNO2. The number of aromatic hydroxyl groups is 1. The molecule has 0 radical (unpaired) electrons. The Kier molecular flexibility index (Phi) is 4.97. The first-order valence-corrected chi connectivity index (χ1v) is 5.47. The first-order chi connectivity index (χ1) is 8.00. The van der Waals surface area contributed by atoms with Crippen LogP contribution in [0.25, 0.3) is 6.08 Å².